The number of carboxylic acid groups (broad SMARTS) is 1. The highest BCUT2D eigenvalue weighted by Crippen LogP contribution is 2.07. The Labute approximate surface area is 95.4 Å². The Morgan fingerprint density at radius 3 is 2.44 bits per heavy atom. The third-order valence-corrected chi connectivity index (χ3v) is 2.28. The van der Waals surface area contributed by atoms with Crippen LogP contribution in [0.3, 0.4) is 0 Å². The molecule has 0 spiro atoms. The summed E-state index contributed by atoms with van der Waals surface area (Å²) in [4.78, 5) is 22.6. The maximum absolute atomic E-state index is 10.9. The van der Waals surface area contributed by atoms with Crippen LogP contribution in [0.2, 0.25) is 0 Å². The van der Waals surface area contributed by atoms with E-state index in [0.29, 0.717) is 13.1 Å². The summed E-state index contributed by atoms with van der Waals surface area (Å²) < 4.78 is 4.67. The molecule has 0 aliphatic rings. The van der Waals surface area contributed by atoms with Crippen molar-refractivity contribution < 1.29 is 19.4 Å². The van der Waals surface area contributed by atoms with Gasteiger partial charge in [0.2, 0.25) is 0 Å². The van der Waals surface area contributed by atoms with Gasteiger partial charge >= 0.3 is 12.2 Å². The van der Waals surface area contributed by atoms with Gasteiger partial charge in [0.05, 0.1) is 6.61 Å². The molecule has 2 amide bonds. The lowest BCUT2D eigenvalue weighted by Crippen LogP contribution is -2.36. The molecule has 0 bridgehead atoms. The first-order valence-corrected chi connectivity index (χ1v) is 5.41. The number of carbonyl (C=O) groups excluding carboxylic acids is 1. The summed E-state index contributed by atoms with van der Waals surface area (Å²) in [5.74, 6) is -0.00449. The fourth-order valence-electron chi connectivity index (χ4n) is 1.35. The van der Waals surface area contributed by atoms with Gasteiger partial charge in [-0.3, -0.25) is 0 Å². The summed E-state index contributed by atoms with van der Waals surface area (Å²) in [6, 6.07) is 0. The van der Waals surface area contributed by atoms with Gasteiger partial charge in [0, 0.05) is 19.0 Å². The van der Waals surface area contributed by atoms with E-state index in [1.807, 2.05) is 13.8 Å². The van der Waals surface area contributed by atoms with Crippen molar-refractivity contribution in [2.45, 2.75) is 26.7 Å². The third kappa shape index (κ3) is 6.10. The molecule has 0 aromatic heterocycles. The highest BCUT2D eigenvalue weighted by molar-refractivity contribution is 5.65. The monoisotopic (exact) mass is 232 g/mol. The van der Waals surface area contributed by atoms with Crippen LogP contribution in [0.1, 0.15) is 26.7 Å². The molecule has 1 atom stereocenters. The topological polar surface area (TPSA) is 92.9 Å². The Bertz CT molecular complexity index is 233. The summed E-state index contributed by atoms with van der Waals surface area (Å²) in [5.41, 5.74) is 4.85. The average Bonchev–Trinajstić information content (AvgIpc) is 2.22. The molecule has 0 fully saturated rings. The first-order chi connectivity index (χ1) is 7.51. The van der Waals surface area contributed by atoms with Crippen LogP contribution in [0.5, 0.6) is 0 Å². The Balaban J connectivity index is 4.14. The van der Waals surface area contributed by atoms with Crippen LogP contribution < -0.4 is 5.73 Å². The van der Waals surface area contributed by atoms with Gasteiger partial charge in [-0.2, -0.15) is 0 Å². The second kappa shape index (κ2) is 7.78. The lowest BCUT2D eigenvalue weighted by Gasteiger charge is -2.23. The van der Waals surface area contributed by atoms with Crippen LogP contribution in [0, 0.1) is 5.92 Å². The highest BCUT2D eigenvalue weighted by atomic mass is 16.5. The molecule has 1 unspecified atom stereocenters. The van der Waals surface area contributed by atoms with Gasteiger partial charge in [-0.25, -0.2) is 9.59 Å². The summed E-state index contributed by atoms with van der Waals surface area (Å²) in [6.07, 6.45) is -0.268. The molecule has 16 heavy (non-hydrogen) atoms. The SMILES string of the molecule is CCCN(CC(CC)COC(N)=O)C(=O)O. The van der Waals surface area contributed by atoms with Crippen molar-refractivity contribution in [1.82, 2.24) is 4.90 Å². The molecular formula is C10H20N2O4. The van der Waals surface area contributed by atoms with Crippen molar-refractivity contribution in [1.29, 1.82) is 0 Å². The molecule has 94 valence electrons. The lowest BCUT2D eigenvalue weighted by molar-refractivity contribution is 0.107. The van der Waals surface area contributed by atoms with E-state index in [4.69, 9.17) is 10.8 Å². The van der Waals surface area contributed by atoms with Crippen molar-refractivity contribution in [2.75, 3.05) is 19.7 Å². The van der Waals surface area contributed by atoms with Crippen LogP contribution >= 0.6 is 0 Å². The number of nitrogens with two attached hydrogens (primary N) is 1. The Morgan fingerprint density at radius 1 is 1.44 bits per heavy atom. The second-order valence-corrected chi connectivity index (χ2v) is 3.63. The smallest absolute Gasteiger partial charge is 0.407 e. The molecule has 0 aromatic rings. The molecule has 3 N–H and O–H groups in total. The third-order valence-electron chi connectivity index (χ3n) is 2.28. The number of hydrogen-bond donors (Lipinski definition) is 2. The zero-order chi connectivity index (χ0) is 12.6. The van der Waals surface area contributed by atoms with Crippen LogP contribution in [0.15, 0.2) is 0 Å². The normalized spacial score (nSPS) is 11.9. The Kier molecular flexibility index (Phi) is 7.07. The van der Waals surface area contributed by atoms with Crippen molar-refractivity contribution in [2.24, 2.45) is 11.7 Å². The summed E-state index contributed by atoms with van der Waals surface area (Å²) in [5, 5.41) is 8.92. The summed E-state index contributed by atoms with van der Waals surface area (Å²) >= 11 is 0. The van der Waals surface area contributed by atoms with Crippen molar-refractivity contribution >= 4 is 12.2 Å². The predicted molar refractivity (Wildman–Crippen MR) is 59.2 cm³/mol. The Hall–Kier alpha value is -1.46. The number of primary amides is 1. The average molecular weight is 232 g/mol. The van der Waals surface area contributed by atoms with Gasteiger partial charge in [-0.1, -0.05) is 13.8 Å². The minimum Gasteiger partial charge on any atom is -0.465 e. The minimum absolute atomic E-state index is 0.00449. The van der Waals surface area contributed by atoms with Gasteiger partial charge in [0.1, 0.15) is 0 Å². The predicted octanol–water partition coefficient (Wildman–Crippen LogP) is 1.50. The van der Waals surface area contributed by atoms with E-state index in [-0.39, 0.29) is 12.5 Å². The van der Waals surface area contributed by atoms with Crippen molar-refractivity contribution in [3.05, 3.63) is 0 Å². The molecular weight excluding hydrogens is 212 g/mol. The van der Waals surface area contributed by atoms with Crippen LogP contribution in [0.25, 0.3) is 0 Å². The van der Waals surface area contributed by atoms with Gasteiger partial charge in [-0.05, 0) is 12.8 Å². The molecule has 6 heteroatoms. The second-order valence-electron chi connectivity index (χ2n) is 3.63. The Morgan fingerprint density at radius 2 is 2.06 bits per heavy atom. The molecule has 0 aliphatic carbocycles. The van der Waals surface area contributed by atoms with Crippen LogP contribution in [-0.2, 0) is 4.74 Å². The summed E-state index contributed by atoms with van der Waals surface area (Å²) in [7, 11) is 0. The fraction of sp³-hybridized carbons (Fsp3) is 0.800. The van der Waals surface area contributed by atoms with E-state index < -0.39 is 12.2 Å². The molecule has 0 aliphatic heterocycles. The maximum atomic E-state index is 10.9. The number of hydrogen-bond acceptors (Lipinski definition) is 3. The number of carbonyl (C=O) groups is 2. The lowest BCUT2D eigenvalue weighted by atomic mass is 10.1. The fourth-order valence-corrected chi connectivity index (χ4v) is 1.35. The van der Waals surface area contributed by atoms with Crippen molar-refractivity contribution in [3.63, 3.8) is 0 Å². The number of ether oxygens (including phenoxy) is 1. The van der Waals surface area contributed by atoms with E-state index >= 15 is 0 Å². The van der Waals surface area contributed by atoms with Gasteiger partial charge in [0.25, 0.3) is 0 Å². The summed E-state index contributed by atoms with van der Waals surface area (Å²) in [6.45, 7) is 4.85. The number of nitrogens with zero attached hydrogens (tertiary/aromatic N) is 1. The maximum Gasteiger partial charge on any atom is 0.407 e. The van der Waals surface area contributed by atoms with Crippen LogP contribution in [-0.4, -0.2) is 41.9 Å². The number of rotatable bonds is 7. The standard InChI is InChI=1S/C10H20N2O4/c1-3-5-12(10(14)15)6-8(4-2)7-16-9(11)13/h8H,3-7H2,1-2H3,(H2,11,13)(H,14,15). The molecule has 0 aromatic carbocycles. The number of amides is 2. The van der Waals surface area contributed by atoms with E-state index in [9.17, 15) is 9.59 Å². The zero-order valence-electron chi connectivity index (χ0n) is 9.81. The first kappa shape index (κ1) is 14.5. The van der Waals surface area contributed by atoms with Gasteiger partial charge in [-0.15, -0.1) is 0 Å². The molecule has 0 heterocycles. The highest BCUT2D eigenvalue weighted by Gasteiger charge is 2.17. The van der Waals surface area contributed by atoms with Crippen LogP contribution in [0.4, 0.5) is 9.59 Å². The molecule has 0 saturated heterocycles. The van der Waals surface area contributed by atoms with Gasteiger partial charge < -0.3 is 20.5 Å². The quantitative estimate of drug-likeness (QED) is 0.695. The molecule has 0 saturated carbocycles. The zero-order valence-corrected chi connectivity index (χ0v) is 9.81. The molecule has 0 radical (unpaired) electrons. The minimum atomic E-state index is -0.945. The van der Waals surface area contributed by atoms with Gasteiger partial charge in [0.15, 0.2) is 0 Å². The van der Waals surface area contributed by atoms with E-state index in [2.05, 4.69) is 4.74 Å². The van der Waals surface area contributed by atoms with E-state index in [0.717, 1.165) is 12.8 Å². The largest absolute Gasteiger partial charge is 0.465 e. The van der Waals surface area contributed by atoms with Crippen molar-refractivity contribution in [3.8, 4) is 0 Å². The van der Waals surface area contributed by atoms with E-state index in [1.165, 1.54) is 4.90 Å². The molecule has 6 nitrogen and oxygen atoms in total. The first-order valence-electron chi connectivity index (χ1n) is 5.41. The van der Waals surface area contributed by atoms with E-state index in [1.54, 1.807) is 0 Å². The molecule has 0 rings (SSSR count).